The van der Waals surface area contributed by atoms with Gasteiger partial charge in [0.2, 0.25) is 0 Å². The van der Waals surface area contributed by atoms with E-state index in [4.69, 9.17) is 4.74 Å². The maximum absolute atomic E-state index is 11.6. The average Bonchev–Trinajstić information content (AvgIpc) is 2.62. The third-order valence-corrected chi connectivity index (χ3v) is 3.63. The van der Waals surface area contributed by atoms with Crippen molar-refractivity contribution < 1.29 is 9.53 Å². The van der Waals surface area contributed by atoms with Gasteiger partial charge in [0.1, 0.15) is 0 Å². The van der Waals surface area contributed by atoms with E-state index in [-0.39, 0.29) is 11.5 Å². The molecule has 16 heavy (non-hydrogen) atoms. The summed E-state index contributed by atoms with van der Waals surface area (Å²) in [7, 11) is 0. The topological polar surface area (TPSA) is 38.3 Å². The summed E-state index contributed by atoms with van der Waals surface area (Å²) in [6.07, 6.45) is 5.22. The van der Waals surface area contributed by atoms with Gasteiger partial charge in [-0.2, -0.15) is 0 Å². The minimum Gasteiger partial charge on any atom is -0.466 e. The molecule has 3 nitrogen and oxygen atoms in total. The fourth-order valence-corrected chi connectivity index (χ4v) is 2.83. The quantitative estimate of drug-likeness (QED) is 0.709. The molecule has 0 aromatic heterocycles. The Labute approximate surface area is 98.9 Å². The highest BCUT2D eigenvalue weighted by molar-refractivity contribution is 5.71. The van der Waals surface area contributed by atoms with Crippen LogP contribution in [0.15, 0.2) is 0 Å². The molecule has 0 bridgehead atoms. The molecule has 0 heterocycles. The van der Waals surface area contributed by atoms with Crippen molar-refractivity contribution in [2.75, 3.05) is 13.2 Å². The van der Waals surface area contributed by atoms with Gasteiger partial charge in [0, 0.05) is 5.54 Å². The van der Waals surface area contributed by atoms with Gasteiger partial charge in [-0.25, -0.2) is 0 Å². The monoisotopic (exact) mass is 227 g/mol. The van der Waals surface area contributed by atoms with Crippen molar-refractivity contribution in [3.8, 4) is 0 Å². The van der Waals surface area contributed by atoms with Crippen LogP contribution in [0, 0.1) is 5.92 Å². The highest BCUT2D eigenvalue weighted by Crippen LogP contribution is 2.38. The van der Waals surface area contributed by atoms with Gasteiger partial charge >= 0.3 is 5.97 Å². The molecule has 94 valence electrons. The fraction of sp³-hybridized carbons (Fsp3) is 0.923. The van der Waals surface area contributed by atoms with E-state index >= 15 is 0 Å². The summed E-state index contributed by atoms with van der Waals surface area (Å²) in [5.74, 6) is 0.716. The van der Waals surface area contributed by atoms with E-state index in [1.807, 2.05) is 6.92 Å². The summed E-state index contributed by atoms with van der Waals surface area (Å²) < 4.78 is 5.07. The highest BCUT2D eigenvalue weighted by atomic mass is 16.5. The third kappa shape index (κ3) is 3.48. The van der Waals surface area contributed by atoms with Gasteiger partial charge in [-0.3, -0.25) is 4.79 Å². The maximum Gasteiger partial charge on any atom is 0.307 e. The molecular formula is C13H25NO2. The SMILES string of the molecule is CCNC1(CC(=O)OCC)CCC(CC)C1. The van der Waals surface area contributed by atoms with Gasteiger partial charge in [0.25, 0.3) is 0 Å². The number of nitrogens with one attached hydrogen (secondary N) is 1. The standard InChI is InChI=1S/C13H25NO2/c1-4-11-7-8-13(9-11,14-5-2)10-12(15)16-6-3/h11,14H,4-10H2,1-3H3. The molecule has 0 radical (unpaired) electrons. The van der Waals surface area contributed by atoms with Gasteiger partial charge in [-0.05, 0) is 38.6 Å². The lowest BCUT2D eigenvalue weighted by Crippen LogP contribution is -2.45. The molecule has 1 aliphatic rings. The van der Waals surface area contributed by atoms with E-state index in [2.05, 4.69) is 19.2 Å². The summed E-state index contributed by atoms with van der Waals surface area (Å²) >= 11 is 0. The van der Waals surface area contributed by atoms with Crippen LogP contribution in [0.5, 0.6) is 0 Å². The number of rotatable bonds is 6. The van der Waals surface area contributed by atoms with Crippen molar-refractivity contribution in [3.63, 3.8) is 0 Å². The van der Waals surface area contributed by atoms with Crippen LogP contribution in [-0.2, 0) is 9.53 Å². The molecule has 0 saturated heterocycles. The number of carbonyl (C=O) groups excluding carboxylic acids is 1. The Bertz CT molecular complexity index is 230. The predicted octanol–water partition coefficient (Wildman–Crippen LogP) is 2.50. The molecular weight excluding hydrogens is 202 g/mol. The minimum absolute atomic E-state index is 0.0156. The molecule has 2 atom stereocenters. The molecule has 0 amide bonds. The van der Waals surface area contributed by atoms with Crippen molar-refractivity contribution in [1.29, 1.82) is 0 Å². The molecule has 1 N–H and O–H groups in total. The van der Waals surface area contributed by atoms with E-state index < -0.39 is 0 Å². The zero-order valence-corrected chi connectivity index (χ0v) is 10.8. The molecule has 1 rings (SSSR count). The molecule has 1 saturated carbocycles. The molecule has 1 fully saturated rings. The van der Waals surface area contributed by atoms with Crippen LogP contribution in [-0.4, -0.2) is 24.7 Å². The van der Waals surface area contributed by atoms with Gasteiger partial charge in [0.15, 0.2) is 0 Å². The van der Waals surface area contributed by atoms with Crippen LogP contribution in [0.4, 0.5) is 0 Å². The number of ether oxygens (including phenoxy) is 1. The Balaban J connectivity index is 2.56. The van der Waals surface area contributed by atoms with E-state index in [0.29, 0.717) is 13.0 Å². The van der Waals surface area contributed by atoms with Crippen LogP contribution in [0.1, 0.15) is 52.9 Å². The molecule has 0 aliphatic heterocycles. The number of esters is 1. The van der Waals surface area contributed by atoms with Crippen molar-refractivity contribution in [2.45, 2.75) is 58.4 Å². The number of hydrogen-bond acceptors (Lipinski definition) is 3. The van der Waals surface area contributed by atoms with E-state index in [0.717, 1.165) is 25.3 Å². The van der Waals surface area contributed by atoms with Crippen molar-refractivity contribution >= 4 is 5.97 Å². The highest BCUT2D eigenvalue weighted by Gasteiger charge is 2.39. The molecule has 2 unspecified atom stereocenters. The van der Waals surface area contributed by atoms with Crippen LogP contribution in [0.25, 0.3) is 0 Å². The Morgan fingerprint density at radius 1 is 1.44 bits per heavy atom. The molecule has 1 aliphatic carbocycles. The third-order valence-electron chi connectivity index (χ3n) is 3.63. The van der Waals surface area contributed by atoms with E-state index in [1.54, 1.807) is 0 Å². The smallest absolute Gasteiger partial charge is 0.307 e. The summed E-state index contributed by atoms with van der Waals surface area (Å²) in [4.78, 5) is 11.6. The summed E-state index contributed by atoms with van der Waals surface area (Å²) in [6.45, 7) is 7.61. The molecule has 0 spiro atoms. The van der Waals surface area contributed by atoms with Crippen LogP contribution < -0.4 is 5.32 Å². The first-order valence-electron chi connectivity index (χ1n) is 6.56. The van der Waals surface area contributed by atoms with Crippen molar-refractivity contribution in [3.05, 3.63) is 0 Å². The van der Waals surface area contributed by atoms with E-state index in [9.17, 15) is 4.79 Å². The Hall–Kier alpha value is -0.570. The normalized spacial score (nSPS) is 29.3. The zero-order chi connectivity index (χ0) is 12.0. The Kier molecular flexibility index (Phi) is 5.26. The summed E-state index contributed by atoms with van der Waals surface area (Å²) in [5, 5.41) is 3.51. The Morgan fingerprint density at radius 2 is 2.19 bits per heavy atom. The maximum atomic E-state index is 11.6. The molecule has 3 heteroatoms. The predicted molar refractivity (Wildman–Crippen MR) is 65.3 cm³/mol. The lowest BCUT2D eigenvalue weighted by molar-refractivity contribution is -0.144. The second-order valence-corrected chi connectivity index (χ2v) is 4.81. The van der Waals surface area contributed by atoms with Gasteiger partial charge in [-0.15, -0.1) is 0 Å². The summed E-state index contributed by atoms with van der Waals surface area (Å²) in [6, 6.07) is 0. The Morgan fingerprint density at radius 3 is 2.69 bits per heavy atom. The lowest BCUT2D eigenvalue weighted by atomic mass is 9.91. The minimum atomic E-state index is -0.0554. The molecule has 0 aromatic rings. The fourth-order valence-electron chi connectivity index (χ4n) is 2.83. The first kappa shape index (κ1) is 13.5. The second-order valence-electron chi connectivity index (χ2n) is 4.81. The number of carbonyl (C=O) groups is 1. The number of hydrogen-bond donors (Lipinski definition) is 1. The average molecular weight is 227 g/mol. The first-order valence-corrected chi connectivity index (χ1v) is 6.56. The van der Waals surface area contributed by atoms with Crippen LogP contribution >= 0.6 is 0 Å². The van der Waals surface area contributed by atoms with Crippen LogP contribution in [0.3, 0.4) is 0 Å². The van der Waals surface area contributed by atoms with Crippen molar-refractivity contribution in [1.82, 2.24) is 5.32 Å². The molecule has 0 aromatic carbocycles. The lowest BCUT2D eigenvalue weighted by Gasteiger charge is -2.29. The summed E-state index contributed by atoms with van der Waals surface area (Å²) in [5.41, 5.74) is 0.0156. The largest absolute Gasteiger partial charge is 0.466 e. The van der Waals surface area contributed by atoms with Gasteiger partial charge in [-0.1, -0.05) is 20.3 Å². The second kappa shape index (κ2) is 6.24. The zero-order valence-electron chi connectivity index (χ0n) is 10.8. The van der Waals surface area contributed by atoms with Gasteiger partial charge in [0.05, 0.1) is 13.0 Å². The van der Waals surface area contributed by atoms with E-state index in [1.165, 1.54) is 12.8 Å². The van der Waals surface area contributed by atoms with Crippen LogP contribution in [0.2, 0.25) is 0 Å². The van der Waals surface area contributed by atoms with Gasteiger partial charge < -0.3 is 10.1 Å². The van der Waals surface area contributed by atoms with Crippen molar-refractivity contribution in [2.24, 2.45) is 5.92 Å². The first-order chi connectivity index (χ1) is 7.65.